The summed E-state index contributed by atoms with van der Waals surface area (Å²) in [5.74, 6) is 0. The van der Waals surface area contributed by atoms with Crippen LogP contribution in [0.25, 0.3) is 0 Å². The first-order valence-electron chi connectivity index (χ1n) is 8.25. The van der Waals surface area contributed by atoms with E-state index in [2.05, 4.69) is 0 Å². The fraction of sp³-hybridized carbons (Fsp3) is 1.00. The molecule has 0 aromatic carbocycles. The van der Waals surface area contributed by atoms with Crippen molar-refractivity contribution in [2.75, 3.05) is 13.2 Å². The normalized spacial score (nSPS) is 50.0. The average Bonchev–Trinajstić information content (AvgIpc) is 2.57. The number of hydrogen-bond acceptors (Lipinski definition) is 9. The monoisotopic (exact) mass is 352 g/mol. The Bertz CT molecular complexity index is 393. The molecule has 6 N–H and O–H groups in total. The molecule has 142 valence electrons. The average molecular weight is 352 g/mol. The van der Waals surface area contributed by atoms with E-state index in [0.717, 1.165) is 0 Å². The first-order valence-corrected chi connectivity index (χ1v) is 8.25. The second kappa shape index (κ2) is 8.35. The molecule has 2 saturated heterocycles. The summed E-state index contributed by atoms with van der Waals surface area (Å²) in [5, 5.41) is 58.9. The topological polar surface area (TPSA) is 149 Å². The maximum atomic E-state index is 9.96. The lowest BCUT2D eigenvalue weighted by Gasteiger charge is -2.41. The quantitative estimate of drug-likeness (QED) is 0.307. The Balaban J connectivity index is 1.85. The first-order chi connectivity index (χ1) is 11.3. The van der Waals surface area contributed by atoms with Gasteiger partial charge in [-0.15, -0.1) is 0 Å². The molecule has 0 aliphatic carbocycles. The van der Waals surface area contributed by atoms with Crippen molar-refractivity contribution in [1.29, 1.82) is 0 Å². The molecule has 0 bridgehead atoms. The molecule has 9 heteroatoms. The fourth-order valence-corrected chi connectivity index (χ4v) is 3.08. The Morgan fingerprint density at radius 3 is 1.67 bits per heavy atom. The summed E-state index contributed by atoms with van der Waals surface area (Å²) in [6, 6.07) is 0. The van der Waals surface area contributed by atoms with E-state index >= 15 is 0 Å². The van der Waals surface area contributed by atoms with Crippen molar-refractivity contribution in [1.82, 2.24) is 0 Å². The van der Waals surface area contributed by atoms with E-state index < -0.39 is 61.0 Å². The van der Waals surface area contributed by atoms with Crippen molar-refractivity contribution in [2.24, 2.45) is 0 Å². The summed E-state index contributed by atoms with van der Waals surface area (Å²) in [6.45, 7) is 3.19. The number of rotatable bonds is 5. The highest BCUT2D eigenvalue weighted by molar-refractivity contribution is 4.92. The van der Waals surface area contributed by atoms with Gasteiger partial charge in [-0.25, -0.2) is 0 Å². The SMILES string of the molecule is CCC1OC(COCC2OC(C)C(O)C(O)C2O)C(O)C(O)C1O. The van der Waals surface area contributed by atoms with Gasteiger partial charge in [-0.2, -0.15) is 0 Å². The Morgan fingerprint density at radius 1 is 0.667 bits per heavy atom. The predicted octanol–water partition coefficient (Wildman–Crippen LogP) is -2.87. The van der Waals surface area contributed by atoms with Gasteiger partial charge in [0.1, 0.15) is 48.8 Å². The molecule has 2 aliphatic heterocycles. The third kappa shape index (κ3) is 4.06. The molecular formula is C15H28O9. The maximum Gasteiger partial charge on any atom is 0.111 e. The number of ether oxygens (including phenoxy) is 3. The van der Waals surface area contributed by atoms with Gasteiger partial charge < -0.3 is 44.8 Å². The van der Waals surface area contributed by atoms with Crippen LogP contribution in [0, 0.1) is 0 Å². The van der Waals surface area contributed by atoms with Gasteiger partial charge in [-0.05, 0) is 13.3 Å². The molecule has 0 aromatic rings. The largest absolute Gasteiger partial charge is 0.388 e. The number of aliphatic hydroxyl groups is 6. The highest BCUT2D eigenvalue weighted by atomic mass is 16.6. The minimum atomic E-state index is -1.33. The van der Waals surface area contributed by atoms with Gasteiger partial charge in [0.2, 0.25) is 0 Å². The molecule has 0 spiro atoms. The summed E-state index contributed by atoms with van der Waals surface area (Å²) >= 11 is 0. The Hall–Kier alpha value is -0.360. The van der Waals surface area contributed by atoms with Crippen LogP contribution in [0.15, 0.2) is 0 Å². The van der Waals surface area contributed by atoms with Gasteiger partial charge in [-0.1, -0.05) is 6.92 Å². The van der Waals surface area contributed by atoms with Crippen molar-refractivity contribution >= 4 is 0 Å². The van der Waals surface area contributed by atoms with E-state index in [0.29, 0.717) is 6.42 Å². The van der Waals surface area contributed by atoms with Crippen LogP contribution < -0.4 is 0 Å². The smallest absolute Gasteiger partial charge is 0.111 e. The van der Waals surface area contributed by atoms with Crippen LogP contribution in [0.2, 0.25) is 0 Å². The lowest BCUT2D eigenvalue weighted by Crippen LogP contribution is -2.59. The minimum absolute atomic E-state index is 0.0823. The fourth-order valence-electron chi connectivity index (χ4n) is 3.08. The zero-order valence-corrected chi connectivity index (χ0v) is 13.8. The van der Waals surface area contributed by atoms with Crippen LogP contribution >= 0.6 is 0 Å². The highest BCUT2D eigenvalue weighted by Crippen LogP contribution is 2.24. The van der Waals surface area contributed by atoms with Gasteiger partial charge >= 0.3 is 0 Å². The van der Waals surface area contributed by atoms with E-state index in [1.807, 2.05) is 0 Å². The maximum absolute atomic E-state index is 9.96. The Labute approximate surface area is 140 Å². The van der Waals surface area contributed by atoms with Gasteiger partial charge in [0.25, 0.3) is 0 Å². The number of aliphatic hydroxyl groups excluding tert-OH is 6. The standard InChI is InChI=1S/C15H28O9/c1-3-7-11(17)15(21)13(19)9(24-7)5-22-4-8-12(18)14(20)10(16)6(2)23-8/h6-21H,3-5H2,1-2H3. The zero-order valence-electron chi connectivity index (χ0n) is 13.8. The third-order valence-corrected chi connectivity index (χ3v) is 4.73. The van der Waals surface area contributed by atoms with Gasteiger partial charge in [-0.3, -0.25) is 0 Å². The molecule has 2 fully saturated rings. The molecule has 0 amide bonds. The van der Waals surface area contributed by atoms with Crippen LogP contribution in [0.5, 0.6) is 0 Å². The van der Waals surface area contributed by atoms with Crippen LogP contribution in [0.4, 0.5) is 0 Å². The molecule has 2 heterocycles. The molecule has 24 heavy (non-hydrogen) atoms. The predicted molar refractivity (Wildman–Crippen MR) is 80.1 cm³/mol. The lowest BCUT2D eigenvalue weighted by molar-refractivity contribution is -0.246. The second-order valence-electron chi connectivity index (χ2n) is 6.48. The summed E-state index contributed by atoms with van der Waals surface area (Å²) in [5.41, 5.74) is 0. The molecule has 2 rings (SSSR count). The van der Waals surface area contributed by atoms with E-state index in [-0.39, 0.29) is 13.2 Å². The zero-order chi connectivity index (χ0) is 18.0. The summed E-state index contributed by atoms with van der Waals surface area (Å²) in [7, 11) is 0. The van der Waals surface area contributed by atoms with Crippen molar-refractivity contribution in [3.05, 3.63) is 0 Å². The van der Waals surface area contributed by atoms with Gasteiger partial charge in [0.15, 0.2) is 0 Å². The Morgan fingerprint density at radius 2 is 1.12 bits per heavy atom. The molecule has 10 atom stereocenters. The van der Waals surface area contributed by atoms with Crippen LogP contribution in [0.1, 0.15) is 20.3 Å². The van der Waals surface area contributed by atoms with E-state index in [4.69, 9.17) is 14.2 Å². The Kier molecular flexibility index (Phi) is 6.94. The lowest BCUT2D eigenvalue weighted by atomic mass is 9.94. The molecule has 0 saturated carbocycles. The first kappa shape index (κ1) is 20.0. The third-order valence-electron chi connectivity index (χ3n) is 4.73. The summed E-state index contributed by atoms with van der Waals surface area (Å²) < 4.78 is 16.3. The van der Waals surface area contributed by atoms with Crippen molar-refractivity contribution in [3.63, 3.8) is 0 Å². The van der Waals surface area contributed by atoms with Crippen LogP contribution in [-0.2, 0) is 14.2 Å². The van der Waals surface area contributed by atoms with E-state index in [9.17, 15) is 30.6 Å². The highest BCUT2D eigenvalue weighted by Gasteiger charge is 2.44. The van der Waals surface area contributed by atoms with Gasteiger partial charge in [0.05, 0.1) is 25.4 Å². The van der Waals surface area contributed by atoms with Crippen molar-refractivity contribution in [2.45, 2.75) is 81.3 Å². The molecule has 0 aromatic heterocycles. The summed E-state index contributed by atoms with van der Waals surface area (Å²) in [4.78, 5) is 0. The molecule has 10 unspecified atom stereocenters. The second-order valence-corrected chi connectivity index (χ2v) is 6.48. The van der Waals surface area contributed by atoms with E-state index in [1.54, 1.807) is 13.8 Å². The molecule has 9 nitrogen and oxygen atoms in total. The molecule has 2 aliphatic rings. The van der Waals surface area contributed by atoms with Crippen molar-refractivity contribution in [3.8, 4) is 0 Å². The van der Waals surface area contributed by atoms with Gasteiger partial charge in [0, 0.05) is 0 Å². The molecular weight excluding hydrogens is 324 g/mol. The van der Waals surface area contributed by atoms with Crippen molar-refractivity contribution < 1.29 is 44.8 Å². The van der Waals surface area contributed by atoms with Crippen LogP contribution in [0.3, 0.4) is 0 Å². The molecule has 0 radical (unpaired) electrons. The summed E-state index contributed by atoms with van der Waals surface area (Å²) in [6.07, 6.45) is -10.1. The number of hydrogen-bond donors (Lipinski definition) is 6. The minimum Gasteiger partial charge on any atom is -0.388 e. The van der Waals surface area contributed by atoms with Crippen LogP contribution in [-0.4, -0.2) is 105 Å². The van der Waals surface area contributed by atoms with E-state index in [1.165, 1.54) is 0 Å².